The van der Waals surface area contributed by atoms with E-state index >= 15 is 0 Å². The van der Waals surface area contributed by atoms with Crippen molar-refractivity contribution in [3.63, 3.8) is 0 Å². The molecular weight excluding hydrogens is 345 g/mol. The Kier molecular flexibility index (Phi) is 4.13. The molecule has 1 amide bonds. The quantitative estimate of drug-likeness (QED) is 0.815. The van der Waals surface area contributed by atoms with Crippen molar-refractivity contribution in [1.29, 1.82) is 0 Å². The minimum absolute atomic E-state index is 0.313. The first kappa shape index (κ1) is 17.5. The summed E-state index contributed by atoms with van der Waals surface area (Å²) < 4.78 is 13.2. The topological polar surface area (TPSA) is 75.4 Å². The number of amides is 1. The van der Waals surface area contributed by atoms with Crippen molar-refractivity contribution in [3.8, 4) is 0 Å². The van der Waals surface area contributed by atoms with Gasteiger partial charge in [0.1, 0.15) is 12.5 Å². The number of primary amides is 1. The van der Waals surface area contributed by atoms with Crippen LogP contribution in [0.15, 0.2) is 42.5 Å². The highest BCUT2D eigenvalue weighted by Gasteiger charge is 2.44. The molecule has 0 aromatic heterocycles. The summed E-state index contributed by atoms with van der Waals surface area (Å²) in [5.74, 6) is -0.402. The molecule has 2 heterocycles. The molecule has 27 heavy (non-hydrogen) atoms. The number of carbonyl (C=O) groups excluding carboxylic acids is 2. The van der Waals surface area contributed by atoms with E-state index in [0.717, 1.165) is 28.8 Å². The lowest BCUT2D eigenvalue weighted by atomic mass is 9.70. The van der Waals surface area contributed by atoms with E-state index in [9.17, 15) is 14.0 Å². The zero-order chi connectivity index (χ0) is 19.2. The lowest BCUT2D eigenvalue weighted by molar-refractivity contribution is -0.127. The van der Waals surface area contributed by atoms with Crippen molar-refractivity contribution in [2.24, 2.45) is 11.1 Å². The summed E-state index contributed by atoms with van der Waals surface area (Å²) in [7, 11) is 0. The predicted octanol–water partition coefficient (Wildman–Crippen LogP) is 2.86. The molecule has 0 aliphatic carbocycles. The Bertz CT molecular complexity index is 910. The zero-order valence-corrected chi connectivity index (χ0v) is 15.1. The molecule has 3 N–H and O–H groups in total. The van der Waals surface area contributed by atoms with E-state index in [4.69, 9.17) is 5.73 Å². The predicted molar refractivity (Wildman–Crippen MR) is 103 cm³/mol. The van der Waals surface area contributed by atoms with Crippen molar-refractivity contribution >= 4 is 23.6 Å². The second kappa shape index (κ2) is 6.37. The van der Waals surface area contributed by atoms with Gasteiger partial charge in [-0.2, -0.15) is 0 Å². The Balaban J connectivity index is 1.73. The fourth-order valence-electron chi connectivity index (χ4n) is 4.00. The van der Waals surface area contributed by atoms with Gasteiger partial charge in [-0.25, -0.2) is 4.39 Å². The first-order chi connectivity index (χ1) is 12.9. The third-order valence-electron chi connectivity index (χ3n) is 5.73. The Morgan fingerprint density at radius 3 is 2.74 bits per heavy atom. The molecule has 4 rings (SSSR count). The van der Waals surface area contributed by atoms with Crippen LogP contribution in [0.4, 0.5) is 15.8 Å². The Morgan fingerprint density at radius 2 is 2.07 bits per heavy atom. The van der Waals surface area contributed by atoms with Gasteiger partial charge in [0, 0.05) is 16.9 Å². The number of nitrogens with one attached hydrogen (secondary N) is 1. The summed E-state index contributed by atoms with van der Waals surface area (Å²) in [6.45, 7) is 2.63. The van der Waals surface area contributed by atoms with Crippen LogP contribution in [0.1, 0.15) is 34.5 Å². The number of rotatable bonds is 4. The van der Waals surface area contributed by atoms with Crippen LogP contribution in [0.25, 0.3) is 0 Å². The van der Waals surface area contributed by atoms with Crippen LogP contribution < -0.4 is 16.0 Å². The van der Waals surface area contributed by atoms with Crippen molar-refractivity contribution in [1.82, 2.24) is 0 Å². The van der Waals surface area contributed by atoms with Crippen LogP contribution in [0, 0.1) is 5.41 Å². The molecule has 5 nitrogen and oxygen atoms in total. The second-order valence-electron chi connectivity index (χ2n) is 7.67. The minimum Gasteiger partial charge on any atom is -0.377 e. The molecule has 0 spiro atoms. The summed E-state index contributed by atoms with van der Waals surface area (Å²) in [4.78, 5) is 25.5. The molecule has 0 radical (unpaired) electrons. The first-order valence-electron chi connectivity index (χ1n) is 9.04. The standard InChI is InChI=1S/C21H22FN3O2/c1-21(20(23)27)9-15-7-13(12-26)5-6-18(15)24-19(21)14-3-2-4-17(8-14)25-10-16(22)11-25/h2-8,12,16,19,24H,9-11H2,1H3,(H2,23,27). The molecule has 1 fully saturated rings. The number of carbonyl (C=O) groups is 2. The van der Waals surface area contributed by atoms with Crippen molar-refractivity contribution in [3.05, 3.63) is 59.2 Å². The number of nitrogens with zero attached hydrogens (tertiary/aromatic N) is 1. The number of benzene rings is 2. The SMILES string of the molecule is CC1(C(N)=O)Cc2cc(C=O)ccc2NC1c1cccc(N2CC(F)C2)c1. The number of anilines is 2. The Hall–Kier alpha value is -2.89. The molecule has 2 aliphatic heterocycles. The van der Waals surface area contributed by atoms with Crippen molar-refractivity contribution < 1.29 is 14.0 Å². The molecule has 2 unspecified atom stereocenters. The van der Waals surface area contributed by atoms with E-state index in [-0.39, 0.29) is 6.04 Å². The monoisotopic (exact) mass is 367 g/mol. The van der Waals surface area contributed by atoms with Gasteiger partial charge in [-0.3, -0.25) is 9.59 Å². The maximum absolute atomic E-state index is 13.2. The van der Waals surface area contributed by atoms with Crippen molar-refractivity contribution in [2.45, 2.75) is 25.6 Å². The van der Waals surface area contributed by atoms with E-state index in [2.05, 4.69) is 5.32 Å². The number of halogens is 1. The van der Waals surface area contributed by atoms with Crippen LogP contribution in [0.3, 0.4) is 0 Å². The van der Waals surface area contributed by atoms with Gasteiger partial charge in [-0.15, -0.1) is 0 Å². The van der Waals surface area contributed by atoms with E-state index in [1.165, 1.54) is 0 Å². The highest BCUT2D eigenvalue weighted by atomic mass is 19.1. The van der Waals surface area contributed by atoms with Gasteiger partial charge in [-0.05, 0) is 54.8 Å². The van der Waals surface area contributed by atoms with Gasteiger partial charge < -0.3 is 16.0 Å². The molecule has 2 aromatic rings. The summed E-state index contributed by atoms with van der Waals surface area (Å²) in [5.41, 5.74) is 9.18. The van der Waals surface area contributed by atoms with Gasteiger partial charge in [0.15, 0.2) is 0 Å². The fourth-order valence-corrected chi connectivity index (χ4v) is 4.00. The second-order valence-corrected chi connectivity index (χ2v) is 7.67. The normalized spacial score (nSPS) is 24.5. The average Bonchev–Trinajstić information content (AvgIpc) is 2.64. The highest BCUT2D eigenvalue weighted by molar-refractivity contribution is 5.85. The van der Waals surface area contributed by atoms with Crippen molar-refractivity contribution in [2.75, 3.05) is 23.3 Å². The molecule has 6 heteroatoms. The van der Waals surface area contributed by atoms with Crippen LogP contribution in [-0.4, -0.2) is 31.5 Å². The summed E-state index contributed by atoms with van der Waals surface area (Å²) in [5, 5.41) is 3.44. The number of fused-ring (bicyclic) bond motifs is 1. The van der Waals surface area contributed by atoms with Gasteiger partial charge in [-0.1, -0.05) is 12.1 Å². The van der Waals surface area contributed by atoms with E-state index in [0.29, 0.717) is 25.1 Å². The van der Waals surface area contributed by atoms with E-state index in [1.54, 1.807) is 12.1 Å². The minimum atomic E-state index is -0.856. The number of alkyl halides is 1. The van der Waals surface area contributed by atoms with Gasteiger partial charge in [0.25, 0.3) is 0 Å². The van der Waals surface area contributed by atoms with Crippen LogP contribution in [-0.2, 0) is 11.2 Å². The number of hydrogen-bond acceptors (Lipinski definition) is 4. The third kappa shape index (κ3) is 2.95. The fraction of sp³-hybridized carbons (Fsp3) is 0.333. The molecule has 1 saturated heterocycles. The highest BCUT2D eigenvalue weighted by Crippen LogP contribution is 2.45. The van der Waals surface area contributed by atoms with Crippen LogP contribution in [0.2, 0.25) is 0 Å². The molecule has 2 atom stereocenters. The summed E-state index contributed by atoms with van der Waals surface area (Å²) in [6, 6.07) is 12.9. The lowest BCUT2D eigenvalue weighted by Crippen LogP contribution is -2.49. The zero-order valence-electron chi connectivity index (χ0n) is 15.1. The van der Waals surface area contributed by atoms with Gasteiger partial charge in [0.2, 0.25) is 5.91 Å². The average molecular weight is 367 g/mol. The van der Waals surface area contributed by atoms with Gasteiger partial charge in [0.05, 0.1) is 24.5 Å². The largest absolute Gasteiger partial charge is 0.377 e. The molecule has 0 bridgehead atoms. The Morgan fingerprint density at radius 1 is 1.30 bits per heavy atom. The summed E-state index contributed by atoms with van der Waals surface area (Å²) in [6.07, 6.45) is 0.455. The maximum atomic E-state index is 13.2. The van der Waals surface area contributed by atoms with Gasteiger partial charge >= 0.3 is 0 Å². The Labute approximate surface area is 157 Å². The third-order valence-corrected chi connectivity index (χ3v) is 5.73. The van der Waals surface area contributed by atoms with E-state index in [1.807, 2.05) is 42.2 Å². The van der Waals surface area contributed by atoms with Crippen LogP contribution >= 0.6 is 0 Å². The first-order valence-corrected chi connectivity index (χ1v) is 9.04. The molecule has 140 valence electrons. The number of aldehydes is 1. The smallest absolute Gasteiger partial charge is 0.226 e. The molecular formula is C21H22FN3O2. The number of nitrogens with two attached hydrogens (primary N) is 1. The molecule has 0 saturated carbocycles. The van der Waals surface area contributed by atoms with Crippen LogP contribution in [0.5, 0.6) is 0 Å². The van der Waals surface area contributed by atoms with E-state index < -0.39 is 17.5 Å². The lowest BCUT2D eigenvalue weighted by Gasteiger charge is -2.42. The summed E-state index contributed by atoms with van der Waals surface area (Å²) >= 11 is 0. The molecule has 2 aromatic carbocycles. The number of hydrogen-bond donors (Lipinski definition) is 2. The maximum Gasteiger partial charge on any atom is 0.226 e. The molecule has 2 aliphatic rings.